The summed E-state index contributed by atoms with van der Waals surface area (Å²) in [5.74, 6) is -0.217. The Kier molecular flexibility index (Phi) is 7.39. The first-order valence-corrected chi connectivity index (χ1v) is 12.0. The molecule has 0 aromatic heterocycles. The van der Waals surface area contributed by atoms with E-state index in [2.05, 4.69) is 5.32 Å². The third-order valence-electron chi connectivity index (χ3n) is 5.21. The largest absolute Gasteiger partial charge is 0.482 e. The van der Waals surface area contributed by atoms with Gasteiger partial charge in [-0.3, -0.25) is 4.79 Å². The van der Waals surface area contributed by atoms with Crippen molar-refractivity contribution in [2.75, 3.05) is 25.0 Å². The zero-order valence-corrected chi connectivity index (χ0v) is 18.9. The number of para-hydroxylation sites is 1. The second kappa shape index (κ2) is 9.81. The van der Waals surface area contributed by atoms with Crippen LogP contribution >= 0.6 is 11.6 Å². The molecule has 0 aliphatic carbocycles. The fourth-order valence-corrected chi connectivity index (χ4v) is 5.50. The molecular weight excluding hydrogens is 424 g/mol. The number of carbonyl (C=O) groups is 1. The second-order valence-corrected chi connectivity index (χ2v) is 9.54. The predicted octanol–water partition coefficient (Wildman–Crippen LogP) is 4.27. The van der Waals surface area contributed by atoms with Gasteiger partial charge in [0.05, 0.1) is 0 Å². The Balaban J connectivity index is 1.78. The van der Waals surface area contributed by atoms with Gasteiger partial charge < -0.3 is 10.1 Å². The molecule has 1 saturated heterocycles. The van der Waals surface area contributed by atoms with Crippen LogP contribution in [0.4, 0.5) is 5.69 Å². The molecule has 3 rings (SSSR count). The number of sulfonamides is 1. The van der Waals surface area contributed by atoms with Gasteiger partial charge >= 0.3 is 0 Å². The van der Waals surface area contributed by atoms with Crippen molar-refractivity contribution in [3.63, 3.8) is 0 Å². The van der Waals surface area contributed by atoms with Crippen molar-refractivity contribution >= 4 is 33.2 Å². The van der Waals surface area contributed by atoms with Gasteiger partial charge in [0.15, 0.2) is 6.61 Å². The average molecular weight is 451 g/mol. The fraction of sp³-hybridized carbons (Fsp3) is 0.409. The van der Waals surface area contributed by atoms with Gasteiger partial charge in [-0.25, -0.2) is 8.42 Å². The lowest BCUT2D eigenvalue weighted by Gasteiger charge is -2.19. The zero-order chi connectivity index (χ0) is 21.7. The third-order valence-corrected chi connectivity index (χ3v) is 7.37. The molecule has 1 fully saturated rings. The van der Waals surface area contributed by atoms with Crippen LogP contribution in [0.25, 0.3) is 0 Å². The van der Waals surface area contributed by atoms with Crippen LogP contribution in [0.15, 0.2) is 41.3 Å². The number of rotatable bonds is 8. The van der Waals surface area contributed by atoms with Crippen LogP contribution in [0, 0.1) is 0 Å². The Morgan fingerprint density at radius 2 is 1.73 bits per heavy atom. The first-order chi connectivity index (χ1) is 14.4. The van der Waals surface area contributed by atoms with Crippen molar-refractivity contribution in [2.24, 2.45) is 0 Å². The molecule has 30 heavy (non-hydrogen) atoms. The van der Waals surface area contributed by atoms with Gasteiger partial charge in [-0.05, 0) is 55.0 Å². The van der Waals surface area contributed by atoms with E-state index < -0.39 is 10.0 Å². The van der Waals surface area contributed by atoms with Crippen molar-refractivity contribution in [3.8, 4) is 5.75 Å². The number of amides is 1. The SMILES string of the molecule is CCc1cccc(CC)c1NC(=O)COc1ccc(Cl)cc1S(=O)(=O)N1CCCC1. The minimum atomic E-state index is -3.73. The first-order valence-electron chi connectivity index (χ1n) is 10.2. The summed E-state index contributed by atoms with van der Waals surface area (Å²) >= 11 is 6.05. The van der Waals surface area contributed by atoms with Crippen molar-refractivity contribution < 1.29 is 17.9 Å². The van der Waals surface area contributed by atoms with Gasteiger partial charge in [0.1, 0.15) is 10.6 Å². The Hall–Kier alpha value is -2.09. The highest BCUT2D eigenvalue weighted by Crippen LogP contribution is 2.31. The first kappa shape index (κ1) is 22.6. The molecule has 0 radical (unpaired) electrons. The van der Waals surface area contributed by atoms with Gasteiger partial charge in [0.25, 0.3) is 5.91 Å². The topological polar surface area (TPSA) is 75.7 Å². The van der Waals surface area contributed by atoms with Crippen LogP contribution in [0.5, 0.6) is 5.75 Å². The van der Waals surface area contributed by atoms with Crippen LogP contribution in [-0.4, -0.2) is 38.3 Å². The number of carbonyl (C=O) groups excluding carboxylic acids is 1. The Labute approximate surface area is 183 Å². The quantitative estimate of drug-likeness (QED) is 0.651. The van der Waals surface area contributed by atoms with E-state index in [1.165, 1.54) is 16.4 Å². The normalized spacial score (nSPS) is 14.6. The number of hydrogen-bond donors (Lipinski definition) is 1. The van der Waals surface area contributed by atoms with Gasteiger partial charge in [-0.15, -0.1) is 0 Å². The number of nitrogens with one attached hydrogen (secondary N) is 1. The summed E-state index contributed by atoms with van der Waals surface area (Å²) in [6.07, 6.45) is 3.24. The standard InChI is InChI=1S/C22H27ClN2O4S/c1-3-16-8-7-9-17(4-2)22(16)24-21(26)15-29-19-11-10-18(23)14-20(19)30(27,28)25-12-5-6-13-25/h7-11,14H,3-6,12-13,15H2,1-2H3,(H,24,26). The van der Waals surface area contributed by atoms with Gasteiger partial charge in [-0.1, -0.05) is 43.6 Å². The van der Waals surface area contributed by atoms with E-state index in [-0.39, 0.29) is 23.2 Å². The molecule has 0 bridgehead atoms. The lowest BCUT2D eigenvalue weighted by atomic mass is 10.0. The van der Waals surface area contributed by atoms with Crippen LogP contribution < -0.4 is 10.1 Å². The van der Waals surface area contributed by atoms with Gasteiger partial charge in [-0.2, -0.15) is 4.31 Å². The fourth-order valence-electron chi connectivity index (χ4n) is 3.59. The summed E-state index contributed by atoms with van der Waals surface area (Å²) in [5, 5.41) is 3.23. The van der Waals surface area contributed by atoms with E-state index in [1.807, 2.05) is 32.0 Å². The smallest absolute Gasteiger partial charge is 0.262 e. The number of ether oxygens (including phenoxy) is 1. The molecule has 0 spiro atoms. The molecule has 6 nitrogen and oxygen atoms in total. The van der Waals surface area contributed by atoms with Crippen molar-refractivity contribution in [1.82, 2.24) is 4.31 Å². The highest BCUT2D eigenvalue weighted by Gasteiger charge is 2.30. The maximum absolute atomic E-state index is 13.0. The summed E-state index contributed by atoms with van der Waals surface area (Å²) in [7, 11) is -3.73. The van der Waals surface area contributed by atoms with Crippen molar-refractivity contribution in [2.45, 2.75) is 44.4 Å². The maximum atomic E-state index is 13.0. The van der Waals surface area contributed by atoms with Gasteiger partial charge in [0, 0.05) is 23.8 Å². The van der Waals surface area contributed by atoms with Crippen molar-refractivity contribution in [1.29, 1.82) is 0 Å². The molecule has 1 amide bonds. The van der Waals surface area contributed by atoms with E-state index in [4.69, 9.17) is 16.3 Å². The Bertz CT molecular complexity index is 996. The number of anilines is 1. The molecule has 0 unspecified atom stereocenters. The number of hydrogen-bond acceptors (Lipinski definition) is 4. The highest BCUT2D eigenvalue weighted by atomic mass is 35.5. The summed E-state index contributed by atoms with van der Waals surface area (Å²) in [5.41, 5.74) is 2.90. The lowest BCUT2D eigenvalue weighted by molar-refractivity contribution is -0.118. The van der Waals surface area contributed by atoms with Gasteiger partial charge in [0.2, 0.25) is 10.0 Å². The summed E-state index contributed by atoms with van der Waals surface area (Å²) < 4.78 is 33.1. The van der Waals surface area contributed by atoms with E-state index in [0.717, 1.165) is 42.5 Å². The highest BCUT2D eigenvalue weighted by molar-refractivity contribution is 7.89. The molecule has 2 aromatic rings. The van der Waals surface area contributed by atoms with E-state index in [0.29, 0.717) is 18.1 Å². The Morgan fingerprint density at radius 1 is 1.10 bits per heavy atom. The summed E-state index contributed by atoms with van der Waals surface area (Å²) in [4.78, 5) is 12.6. The van der Waals surface area contributed by atoms with Crippen LogP contribution in [0.1, 0.15) is 37.8 Å². The molecule has 1 heterocycles. The molecule has 0 saturated carbocycles. The average Bonchev–Trinajstić information content (AvgIpc) is 3.28. The third kappa shape index (κ3) is 4.96. The molecule has 1 aliphatic rings. The van der Waals surface area contributed by atoms with E-state index in [1.54, 1.807) is 6.07 Å². The van der Waals surface area contributed by atoms with Crippen molar-refractivity contribution in [3.05, 3.63) is 52.5 Å². The molecule has 1 N–H and O–H groups in total. The molecule has 162 valence electrons. The monoisotopic (exact) mass is 450 g/mol. The lowest BCUT2D eigenvalue weighted by Crippen LogP contribution is -2.29. The number of benzene rings is 2. The van der Waals surface area contributed by atoms with Crippen LogP contribution in [-0.2, 0) is 27.7 Å². The van der Waals surface area contributed by atoms with Crippen LogP contribution in [0.3, 0.4) is 0 Å². The molecule has 2 aromatic carbocycles. The molecule has 0 atom stereocenters. The maximum Gasteiger partial charge on any atom is 0.262 e. The van der Waals surface area contributed by atoms with E-state index >= 15 is 0 Å². The molecule has 8 heteroatoms. The summed E-state index contributed by atoms with van der Waals surface area (Å²) in [6, 6.07) is 10.4. The number of nitrogens with zero attached hydrogens (tertiary/aromatic N) is 1. The minimum absolute atomic E-state index is 0.00657. The minimum Gasteiger partial charge on any atom is -0.482 e. The number of halogens is 1. The Morgan fingerprint density at radius 3 is 2.33 bits per heavy atom. The second-order valence-electron chi connectivity index (χ2n) is 7.20. The molecular formula is C22H27ClN2O4S. The summed E-state index contributed by atoms with van der Waals surface area (Å²) in [6.45, 7) is 4.71. The predicted molar refractivity (Wildman–Crippen MR) is 119 cm³/mol. The zero-order valence-electron chi connectivity index (χ0n) is 17.3. The molecule has 1 aliphatic heterocycles. The number of aryl methyl sites for hydroxylation is 2. The van der Waals surface area contributed by atoms with E-state index in [9.17, 15) is 13.2 Å². The van der Waals surface area contributed by atoms with Crippen LogP contribution in [0.2, 0.25) is 5.02 Å².